The van der Waals surface area contributed by atoms with E-state index in [0.29, 0.717) is 12.0 Å². The van der Waals surface area contributed by atoms with Gasteiger partial charge >= 0.3 is 0 Å². The highest BCUT2D eigenvalue weighted by molar-refractivity contribution is 6.14. The summed E-state index contributed by atoms with van der Waals surface area (Å²) in [6.45, 7) is 22.4. The zero-order valence-corrected chi connectivity index (χ0v) is 26.3. The van der Waals surface area contributed by atoms with Crippen LogP contribution in [-0.2, 0) is 10.2 Å². The van der Waals surface area contributed by atoms with E-state index >= 15 is 0 Å². The van der Waals surface area contributed by atoms with Crippen molar-refractivity contribution < 1.29 is 14.3 Å². The first-order chi connectivity index (χ1) is 18.6. The molecule has 0 aliphatic carbocycles. The standard InChI is InChI=1S/C15H16FN.C11H22O2.C9H13N/c1-9(2)15-8-13(11(4)17-15)12-6-5-10(3)7-14(12)16;1-4-11(3,9-10(2)13)7-5-6-8-12;1-9(2,3)8-4-6-10-7-5-8/h5-8,11H,1H2,2-4H3;12H,4-9H2,1-3H3;4-7H,1-3H3. The molecule has 0 amide bonds. The minimum absolute atomic E-state index is 0.00101. The van der Waals surface area contributed by atoms with Crippen LogP contribution in [0.4, 0.5) is 4.39 Å². The number of hydrogen-bond acceptors (Lipinski definition) is 4. The van der Waals surface area contributed by atoms with E-state index in [9.17, 15) is 9.18 Å². The van der Waals surface area contributed by atoms with Gasteiger partial charge in [0.2, 0.25) is 0 Å². The maximum absolute atomic E-state index is 13.9. The topological polar surface area (TPSA) is 62.6 Å². The fraction of sp³-hybridized carbons (Fsp3) is 0.514. The second-order valence-electron chi connectivity index (χ2n) is 12.3. The van der Waals surface area contributed by atoms with E-state index in [0.717, 1.165) is 48.1 Å². The highest BCUT2D eigenvalue weighted by Gasteiger charge is 2.23. The summed E-state index contributed by atoms with van der Waals surface area (Å²) in [5, 5.41) is 8.65. The fourth-order valence-electron chi connectivity index (χ4n) is 4.48. The minimum atomic E-state index is -0.179. The quantitative estimate of drug-likeness (QED) is 0.317. The molecule has 2 heterocycles. The summed E-state index contributed by atoms with van der Waals surface area (Å²) in [7, 11) is 0. The largest absolute Gasteiger partial charge is 0.396 e. The number of aromatic nitrogens is 1. The van der Waals surface area contributed by atoms with Crippen molar-refractivity contribution in [1.29, 1.82) is 0 Å². The van der Waals surface area contributed by atoms with Crippen LogP contribution in [0.3, 0.4) is 0 Å². The third-order valence-electron chi connectivity index (χ3n) is 7.21. The predicted molar refractivity (Wildman–Crippen MR) is 168 cm³/mol. The van der Waals surface area contributed by atoms with Crippen molar-refractivity contribution in [3.05, 3.63) is 83.5 Å². The number of unbranched alkanes of at least 4 members (excludes halogenated alkanes) is 1. The number of Topliss-reactive ketones (excluding diaryl/α,β-unsaturated/α-hetero) is 1. The van der Waals surface area contributed by atoms with Gasteiger partial charge in [-0.05, 0) is 97.9 Å². The number of hydrogen-bond donors (Lipinski definition) is 1. The third kappa shape index (κ3) is 12.1. The van der Waals surface area contributed by atoms with Gasteiger partial charge in [-0.3, -0.25) is 9.98 Å². The number of halogens is 1. The van der Waals surface area contributed by atoms with Crippen LogP contribution in [0.1, 0.15) is 104 Å². The summed E-state index contributed by atoms with van der Waals surface area (Å²) >= 11 is 0. The van der Waals surface area contributed by atoms with E-state index < -0.39 is 0 Å². The van der Waals surface area contributed by atoms with Crippen LogP contribution >= 0.6 is 0 Å². The van der Waals surface area contributed by atoms with Gasteiger partial charge in [0.25, 0.3) is 0 Å². The molecule has 40 heavy (non-hydrogen) atoms. The highest BCUT2D eigenvalue weighted by atomic mass is 19.1. The molecule has 1 aromatic carbocycles. The Morgan fingerprint density at radius 1 is 1.07 bits per heavy atom. The van der Waals surface area contributed by atoms with Crippen molar-refractivity contribution in [1.82, 2.24) is 4.98 Å². The number of carbonyl (C=O) groups excluding carboxylic acids is 1. The number of nitrogens with zero attached hydrogens (tertiary/aromatic N) is 2. The Morgan fingerprint density at radius 3 is 2.12 bits per heavy atom. The molecular formula is C35H51FN2O2. The summed E-state index contributed by atoms with van der Waals surface area (Å²) in [6.07, 6.45) is 10.2. The van der Waals surface area contributed by atoms with Gasteiger partial charge in [-0.15, -0.1) is 0 Å². The molecule has 220 valence electrons. The van der Waals surface area contributed by atoms with Crippen LogP contribution in [0, 0.1) is 18.2 Å². The average Bonchev–Trinajstić information content (AvgIpc) is 3.26. The number of aryl methyl sites for hydroxylation is 1. The van der Waals surface area contributed by atoms with E-state index in [-0.39, 0.29) is 35.1 Å². The van der Waals surface area contributed by atoms with Gasteiger partial charge in [0.1, 0.15) is 11.6 Å². The lowest BCUT2D eigenvalue weighted by Crippen LogP contribution is -2.18. The number of pyridine rings is 1. The molecule has 2 unspecified atom stereocenters. The zero-order valence-electron chi connectivity index (χ0n) is 26.3. The lowest BCUT2D eigenvalue weighted by molar-refractivity contribution is -0.119. The molecule has 5 heteroatoms. The van der Waals surface area contributed by atoms with Crippen molar-refractivity contribution in [3.8, 4) is 0 Å². The number of ketones is 1. The fourth-order valence-corrected chi connectivity index (χ4v) is 4.48. The summed E-state index contributed by atoms with van der Waals surface area (Å²) < 4.78 is 13.9. The normalized spacial score (nSPS) is 15.9. The molecule has 1 aliphatic rings. The van der Waals surface area contributed by atoms with Gasteiger partial charge < -0.3 is 9.90 Å². The molecule has 0 saturated heterocycles. The number of rotatable bonds is 9. The molecule has 0 spiro atoms. The molecule has 4 nitrogen and oxygen atoms in total. The Hall–Kier alpha value is -2.92. The van der Waals surface area contributed by atoms with Crippen LogP contribution in [0.15, 0.2) is 65.9 Å². The monoisotopic (exact) mass is 550 g/mol. The molecular weight excluding hydrogens is 499 g/mol. The van der Waals surface area contributed by atoms with E-state index in [1.54, 1.807) is 13.0 Å². The number of aliphatic hydroxyl groups excluding tert-OH is 1. The molecule has 0 bridgehead atoms. The van der Waals surface area contributed by atoms with E-state index in [1.165, 1.54) is 5.56 Å². The lowest BCUT2D eigenvalue weighted by Gasteiger charge is -2.26. The van der Waals surface area contributed by atoms with Crippen molar-refractivity contribution in [2.75, 3.05) is 6.61 Å². The van der Waals surface area contributed by atoms with Gasteiger partial charge in [-0.1, -0.05) is 66.2 Å². The van der Waals surface area contributed by atoms with Crippen LogP contribution < -0.4 is 0 Å². The molecule has 0 saturated carbocycles. The summed E-state index contributed by atoms with van der Waals surface area (Å²) in [6, 6.07) is 9.41. The Morgan fingerprint density at radius 2 is 1.70 bits per heavy atom. The zero-order chi connectivity index (χ0) is 30.5. The second-order valence-corrected chi connectivity index (χ2v) is 12.3. The van der Waals surface area contributed by atoms with Crippen LogP contribution in [-0.4, -0.2) is 34.2 Å². The minimum Gasteiger partial charge on any atom is -0.396 e. The van der Waals surface area contributed by atoms with Crippen LogP contribution in [0.2, 0.25) is 0 Å². The average molecular weight is 551 g/mol. The maximum Gasteiger partial charge on any atom is 0.131 e. The maximum atomic E-state index is 13.9. The molecule has 3 rings (SSSR count). The molecule has 1 N–H and O–H groups in total. The highest BCUT2D eigenvalue weighted by Crippen LogP contribution is 2.32. The number of benzene rings is 1. The molecule has 1 aromatic heterocycles. The van der Waals surface area contributed by atoms with E-state index in [4.69, 9.17) is 5.11 Å². The smallest absolute Gasteiger partial charge is 0.131 e. The van der Waals surface area contributed by atoms with Gasteiger partial charge in [-0.2, -0.15) is 0 Å². The molecule has 0 radical (unpaired) electrons. The molecule has 2 aromatic rings. The van der Waals surface area contributed by atoms with Gasteiger partial charge in [0.05, 0.1) is 11.8 Å². The second kappa shape index (κ2) is 16.4. The van der Waals surface area contributed by atoms with Gasteiger partial charge in [0.15, 0.2) is 0 Å². The van der Waals surface area contributed by atoms with Crippen LogP contribution in [0.25, 0.3) is 5.57 Å². The number of aliphatic hydroxyl groups is 1. The van der Waals surface area contributed by atoms with Crippen molar-refractivity contribution in [2.45, 2.75) is 106 Å². The van der Waals surface area contributed by atoms with Crippen molar-refractivity contribution in [2.24, 2.45) is 10.4 Å². The first-order valence-electron chi connectivity index (χ1n) is 14.4. The first-order valence-corrected chi connectivity index (χ1v) is 14.4. The number of carbonyl (C=O) groups is 1. The summed E-state index contributed by atoms with van der Waals surface area (Å²) in [5.74, 6) is 0.0922. The third-order valence-corrected chi connectivity index (χ3v) is 7.21. The lowest BCUT2D eigenvalue weighted by atomic mass is 9.78. The molecule has 0 fully saturated rings. The van der Waals surface area contributed by atoms with Crippen molar-refractivity contribution >= 4 is 17.1 Å². The summed E-state index contributed by atoms with van der Waals surface area (Å²) in [5.41, 5.74) is 6.03. The summed E-state index contributed by atoms with van der Waals surface area (Å²) in [4.78, 5) is 19.4. The van der Waals surface area contributed by atoms with Crippen molar-refractivity contribution in [3.63, 3.8) is 0 Å². The first kappa shape index (κ1) is 35.1. The number of aliphatic imine (C=N–C) groups is 1. The Bertz CT molecular complexity index is 1160. The van der Waals surface area contributed by atoms with Crippen LogP contribution in [0.5, 0.6) is 0 Å². The Kier molecular flexibility index (Phi) is 14.4. The molecule has 1 aliphatic heterocycles. The Balaban J connectivity index is 0.000000312. The molecule has 2 atom stereocenters. The van der Waals surface area contributed by atoms with Gasteiger partial charge in [0, 0.05) is 31.0 Å². The van der Waals surface area contributed by atoms with E-state index in [1.807, 2.05) is 51.4 Å². The Labute approximate surface area is 242 Å². The van der Waals surface area contributed by atoms with E-state index in [2.05, 4.69) is 63.3 Å². The van der Waals surface area contributed by atoms with Gasteiger partial charge in [-0.25, -0.2) is 4.39 Å². The number of allylic oxidation sites excluding steroid dienone is 2. The predicted octanol–water partition coefficient (Wildman–Crippen LogP) is 8.86. The SMILES string of the molecule is C=C(C)C1=NC(C)C(c2ccc(C)cc2F)=C1.CC(C)(C)c1ccncc1.CCC(C)(CCCCO)CC(C)=O.